The van der Waals surface area contributed by atoms with E-state index in [4.69, 9.17) is 22.1 Å². The van der Waals surface area contributed by atoms with Crippen molar-refractivity contribution >= 4 is 39.9 Å². The molecule has 0 radical (unpaired) electrons. The van der Waals surface area contributed by atoms with Crippen molar-refractivity contribution in [2.24, 2.45) is 5.73 Å². The highest BCUT2D eigenvalue weighted by atomic mass is 35.5. The molecular formula is C14H12ClN3O3S. The molecule has 3 rings (SSSR count). The van der Waals surface area contributed by atoms with Crippen LogP contribution in [0.3, 0.4) is 0 Å². The van der Waals surface area contributed by atoms with Crippen LogP contribution in [0.2, 0.25) is 5.02 Å². The van der Waals surface area contributed by atoms with Gasteiger partial charge in [0.25, 0.3) is 5.91 Å². The molecule has 2 heterocycles. The predicted octanol–water partition coefficient (Wildman–Crippen LogP) is 1.77. The van der Waals surface area contributed by atoms with Gasteiger partial charge in [-0.1, -0.05) is 11.6 Å². The molecule has 22 heavy (non-hydrogen) atoms. The molecule has 0 saturated heterocycles. The summed E-state index contributed by atoms with van der Waals surface area (Å²) in [7, 11) is 0. The number of aromatic nitrogens is 1. The monoisotopic (exact) mass is 337 g/mol. The zero-order valence-corrected chi connectivity index (χ0v) is 12.9. The van der Waals surface area contributed by atoms with E-state index in [1.165, 1.54) is 11.3 Å². The van der Waals surface area contributed by atoms with Gasteiger partial charge >= 0.3 is 0 Å². The molecular weight excluding hydrogens is 326 g/mol. The van der Waals surface area contributed by atoms with Crippen LogP contribution in [-0.2, 0) is 22.4 Å². The van der Waals surface area contributed by atoms with Crippen molar-refractivity contribution in [1.82, 2.24) is 4.98 Å². The number of thiazole rings is 1. The Morgan fingerprint density at radius 2 is 2.32 bits per heavy atom. The first-order valence-electron chi connectivity index (χ1n) is 6.50. The fraction of sp³-hybridized carbons (Fsp3) is 0.214. The lowest BCUT2D eigenvalue weighted by Gasteiger charge is -2.09. The first-order chi connectivity index (χ1) is 10.5. The fourth-order valence-electron chi connectivity index (χ4n) is 2.17. The number of amides is 2. The van der Waals surface area contributed by atoms with E-state index in [1.54, 1.807) is 23.6 Å². The number of carbonyl (C=O) groups is 2. The van der Waals surface area contributed by atoms with E-state index in [0.717, 1.165) is 5.56 Å². The van der Waals surface area contributed by atoms with Crippen molar-refractivity contribution < 1.29 is 14.3 Å². The van der Waals surface area contributed by atoms with Gasteiger partial charge in [-0.15, -0.1) is 11.3 Å². The van der Waals surface area contributed by atoms with Crippen molar-refractivity contribution in [3.8, 4) is 5.75 Å². The second-order valence-electron chi connectivity index (χ2n) is 4.84. The van der Waals surface area contributed by atoms with Gasteiger partial charge < -0.3 is 10.5 Å². The van der Waals surface area contributed by atoms with Crippen molar-refractivity contribution in [2.45, 2.75) is 18.9 Å². The van der Waals surface area contributed by atoms with E-state index in [2.05, 4.69) is 10.3 Å². The number of nitrogens with one attached hydrogen (secondary N) is 1. The highest BCUT2D eigenvalue weighted by molar-refractivity contribution is 7.13. The maximum Gasteiger partial charge on any atom is 0.267 e. The van der Waals surface area contributed by atoms with E-state index >= 15 is 0 Å². The summed E-state index contributed by atoms with van der Waals surface area (Å²) in [5.74, 6) is -0.0833. The Morgan fingerprint density at radius 1 is 1.50 bits per heavy atom. The number of anilines is 1. The summed E-state index contributed by atoms with van der Waals surface area (Å²) >= 11 is 7.16. The lowest BCUT2D eigenvalue weighted by atomic mass is 10.1. The Bertz CT molecular complexity index is 747. The number of nitrogens with two attached hydrogens (primary N) is 1. The molecule has 1 aromatic carbocycles. The molecule has 1 atom stereocenters. The normalized spacial score (nSPS) is 16.0. The number of fused-ring (bicyclic) bond motifs is 1. The van der Waals surface area contributed by atoms with Crippen molar-refractivity contribution in [2.75, 3.05) is 5.32 Å². The number of ether oxygens (including phenoxy) is 1. The van der Waals surface area contributed by atoms with Gasteiger partial charge in [0.05, 0.1) is 12.1 Å². The molecule has 8 heteroatoms. The highest BCUT2D eigenvalue weighted by Crippen LogP contribution is 2.31. The van der Waals surface area contributed by atoms with Gasteiger partial charge in [-0.2, -0.15) is 0 Å². The number of hydrogen-bond donors (Lipinski definition) is 2. The number of nitrogens with zero attached hydrogens (tertiary/aromatic N) is 1. The Hall–Kier alpha value is -2.12. The minimum absolute atomic E-state index is 0.0518. The fourth-order valence-corrected chi connectivity index (χ4v) is 3.08. The third-order valence-electron chi connectivity index (χ3n) is 3.13. The standard InChI is InChI=1S/C14H12ClN3O3S/c15-8-1-2-10-7(3-8)4-11(21-10)13(20)18-14-17-9(6-22-14)5-12(16)19/h1-3,6,11H,4-5H2,(H2,16,19)(H,17,18,20)/t11-/m0/s1. The van der Waals surface area contributed by atoms with Crippen LogP contribution in [0.5, 0.6) is 5.75 Å². The topological polar surface area (TPSA) is 94.3 Å². The van der Waals surface area contributed by atoms with E-state index in [9.17, 15) is 9.59 Å². The molecule has 2 aromatic rings. The largest absolute Gasteiger partial charge is 0.480 e. The van der Waals surface area contributed by atoms with Crippen molar-refractivity contribution in [3.05, 3.63) is 39.9 Å². The Kier molecular flexibility index (Phi) is 4.00. The SMILES string of the molecule is NC(=O)Cc1csc(NC(=O)[C@@H]2Cc3cc(Cl)ccc3O2)n1. The first-order valence-corrected chi connectivity index (χ1v) is 7.75. The zero-order chi connectivity index (χ0) is 15.7. The number of hydrogen-bond acceptors (Lipinski definition) is 5. The third kappa shape index (κ3) is 3.20. The zero-order valence-electron chi connectivity index (χ0n) is 11.3. The quantitative estimate of drug-likeness (QED) is 0.889. The van der Waals surface area contributed by atoms with E-state index < -0.39 is 12.0 Å². The maximum absolute atomic E-state index is 12.2. The summed E-state index contributed by atoms with van der Waals surface area (Å²) in [5, 5.41) is 5.40. The Labute approximate surface area is 135 Å². The van der Waals surface area contributed by atoms with Crippen LogP contribution >= 0.6 is 22.9 Å². The summed E-state index contributed by atoms with van der Waals surface area (Å²) in [6, 6.07) is 5.26. The number of benzene rings is 1. The molecule has 1 aromatic heterocycles. The van der Waals surface area contributed by atoms with E-state index in [0.29, 0.717) is 28.0 Å². The second-order valence-corrected chi connectivity index (χ2v) is 6.13. The molecule has 1 aliphatic rings. The van der Waals surface area contributed by atoms with Gasteiger partial charge in [0, 0.05) is 16.8 Å². The Morgan fingerprint density at radius 3 is 3.09 bits per heavy atom. The van der Waals surface area contributed by atoms with Gasteiger partial charge in [0.1, 0.15) is 5.75 Å². The van der Waals surface area contributed by atoms with Crippen LogP contribution < -0.4 is 15.8 Å². The minimum Gasteiger partial charge on any atom is -0.480 e. The molecule has 1 aliphatic heterocycles. The summed E-state index contributed by atoms with van der Waals surface area (Å²) in [4.78, 5) is 27.2. The second kappa shape index (κ2) is 5.94. The average molecular weight is 338 g/mol. The van der Waals surface area contributed by atoms with Gasteiger partial charge in [0.2, 0.25) is 5.91 Å². The molecule has 3 N–H and O–H groups in total. The maximum atomic E-state index is 12.2. The lowest BCUT2D eigenvalue weighted by molar-refractivity contribution is -0.122. The van der Waals surface area contributed by atoms with Crippen LogP contribution in [0.4, 0.5) is 5.13 Å². The molecule has 0 saturated carbocycles. The molecule has 0 bridgehead atoms. The molecule has 6 nitrogen and oxygen atoms in total. The Balaban J connectivity index is 1.64. The molecule has 0 fully saturated rings. The first kappa shape index (κ1) is 14.8. The minimum atomic E-state index is -0.614. The van der Waals surface area contributed by atoms with Crippen LogP contribution in [0.25, 0.3) is 0 Å². The molecule has 2 amide bonds. The number of primary amides is 1. The summed E-state index contributed by atoms with van der Waals surface area (Å²) < 4.78 is 5.60. The number of halogens is 1. The lowest BCUT2D eigenvalue weighted by Crippen LogP contribution is -2.31. The molecule has 114 valence electrons. The number of rotatable bonds is 4. The van der Waals surface area contributed by atoms with Gasteiger partial charge in [-0.3, -0.25) is 14.9 Å². The predicted molar refractivity (Wildman–Crippen MR) is 83.2 cm³/mol. The van der Waals surface area contributed by atoms with E-state index in [1.807, 2.05) is 0 Å². The summed E-state index contributed by atoms with van der Waals surface area (Å²) in [5.41, 5.74) is 6.54. The van der Waals surface area contributed by atoms with Crippen LogP contribution in [0, 0.1) is 0 Å². The van der Waals surface area contributed by atoms with Crippen molar-refractivity contribution in [1.29, 1.82) is 0 Å². The third-order valence-corrected chi connectivity index (χ3v) is 4.17. The highest BCUT2D eigenvalue weighted by Gasteiger charge is 2.29. The van der Waals surface area contributed by atoms with Gasteiger partial charge in [-0.25, -0.2) is 4.98 Å². The average Bonchev–Trinajstić information content (AvgIpc) is 3.04. The number of carbonyl (C=O) groups excluding carboxylic acids is 2. The molecule has 0 unspecified atom stereocenters. The molecule has 0 aliphatic carbocycles. The summed E-state index contributed by atoms with van der Waals surface area (Å²) in [6.45, 7) is 0. The van der Waals surface area contributed by atoms with Crippen LogP contribution in [0.1, 0.15) is 11.3 Å². The van der Waals surface area contributed by atoms with Crippen LogP contribution in [0.15, 0.2) is 23.6 Å². The molecule has 0 spiro atoms. The van der Waals surface area contributed by atoms with E-state index in [-0.39, 0.29) is 12.3 Å². The smallest absolute Gasteiger partial charge is 0.267 e. The van der Waals surface area contributed by atoms with Gasteiger partial charge in [0.15, 0.2) is 11.2 Å². The summed E-state index contributed by atoms with van der Waals surface area (Å²) in [6.07, 6.45) is -0.103. The van der Waals surface area contributed by atoms with Crippen molar-refractivity contribution in [3.63, 3.8) is 0 Å². The van der Waals surface area contributed by atoms with Crippen LogP contribution in [-0.4, -0.2) is 22.9 Å². The van der Waals surface area contributed by atoms with Gasteiger partial charge in [-0.05, 0) is 23.8 Å².